The number of carbonyl (C=O) groups excluding carboxylic acids is 1. The molecule has 2 aliphatic heterocycles. The Morgan fingerprint density at radius 1 is 1.24 bits per heavy atom. The molecule has 1 unspecified atom stereocenters. The van der Waals surface area contributed by atoms with Crippen LogP contribution in [0.15, 0.2) is 24.5 Å². The number of aliphatic hydroxyl groups is 1. The maximum absolute atomic E-state index is 15.3. The molecule has 0 bridgehead atoms. The van der Waals surface area contributed by atoms with E-state index in [0.717, 1.165) is 5.56 Å². The van der Waals surface area contributed by atoms with Crippen LogP contribution < -0.4 is 16.4 Å². The Morgan fingerprint density at radius 2 is 2.03 bits per heavy atom. The molecule has 1 aromatic carbocycles. The van der Waals surface area contributed by atoms with Gasteiger partial charge in [-0.2, -0.15) is 0 Å². The Kier molecular flexibility index (Phi) is 5.93. The maximum Gasteiger partial charge on any atom is 0.413 e. The van der Waals surface area contributed by atoms with Crippen LogP contribution in [0.25, 0.3) is 21.9 Å². The Labute approximate surface area is 195 Å². The topological polar surface area (TPSA) is 132 Å². The zero-order valence-electron chi connectivity index (χ0n) is 18.7. The van der Waals surface area contributed by atoms with Crippen molar-refractivity contribution in [3.63, 3.8) is 0 Å². The standard InChI is InChI=1S/C24H26FN5O4/c1-12-16(10-29-23-18(31)2-5-27-22(12)23)15-8-13-9-19(28-11-17(13)21(26)20(15)25)30-24(32)34-14-3-6-33-7-4-14/h8-11,14,18,27,31H,2-7,26H2,1H3,(H,28,30,32). The van der Waals surface area contributed by atoms with Gasteiger partial charge in [0.25, 0.3) is 0 Å². The van der Waals surface area contributed by atoms with Gasteiger partial charge in [-0.15, -0.1) is 0 Å². The molecule has 0 radical (unpaired) electrons. The number of ether oxygens (including phenoxy) is 2. The first kappa shape index (κ1) is 22.3. The first-order valence-electron chi connectivity index (χ1n) is 11.3. The lowest BCUT2D eigenvalue weighted by atomic mass is 9.94. The lowest BCUT2D eigenvalue weighted by Gasteiger charge is -2.25. The fourth-order valence-electron chi connectivity index (χ4n) is 4.48. The molecule has 5 rings (SSSR count). The molecule has 3 aromatic rings. The number of benzene rings is 1. The number of fused-ring (bicyclic) bond motifs is 2. The Morgan fingerprint density at radius 3 is 2.82 bits per heavy atom. The molecule has 0 spiro atoms. The smallest absolute Gasteiger partial charge is 0.413 e. The van der Waals surface area contributed by atoms with Gasteiger partial charge >= 0.3 is 6.09 Å². The molecule has 0 saturated carbocycles. The van der Waals surface area contributed by atoms with Crippen molar-refractivity contribution < 1.29 is 23.8 Å². The minimum absolute atomic E-state index is 0.0403. The minimum Gasteiger partial charge on any atom is -0.446 e. The molecule has 1 saturated heterocycles. The van der Waals surface area contributed by atoms with Gasteiger partial charge in [0.2, 0.25) is 0 Å². The summed E-state index contributed by atoms with van der Waals surface area (Å²) in [6.07, 6.45) is 3.39. The van der Waals surface area contributed by atoms with Crippen LogP contribution in [0.4, 0.5) is 26.4 Å². The van der Waals surface area contributed by atoms with Crippen molar-refractivity contribution in [1.29, 1.82) is 0 Å². The third-order valence-corrected chi connectivity index (χ3v) is 6.36. The van der Waals surface area contributed by atoms with Crippen LogP contribution in [0, 0.1) is 12.7 Å². The number of hydrogen-bond acceptors (Lipinski definition) is 8. The number of nitrogens with two attached hydrogens (primary N) is 1. The third kappa shape index (κ3) is 4.10. The van der Waals surface area contributed by atoms with Crippen LogP contribution in [-0.4, -0.2) is 47.0 Å². The van der Waals surface area contributed by atoms with E-state index >= 15 is 4.39 Å². The number of aliphatic hydroxyl groups excluding tert-OH is 1. The summed E-state index contributed by atoms with van der Waals surface area (Å²) in [7, 11) is 0. The van der Waals surface area contributed by atoms with Gasteiger partial charge < -0.3 is 25.6 Å². The highest BCUT2D eigenvalue weighted by Gasteiger charge is 2.24. The molecule has 178 valence electrons. The fraction of sp³-hybridized carbons (Fsp3) is 0.375. The van der Waals surface area contributed by atoms with Crippen LogP contribution in [0.2, 0.25) is 0 Å². The highest BCUT2D eigenvalue weighted by molar-refractivity contribution is 5.99. The van der Waals surface area contributed by atoms with Gasteiger partial charge in [-0.1, -0.05) is 0 Å². The highest BCUT2D eigenvalue weighted by atomic mass is 19.1. The van der Waals surface area contributed by atoms with E-state index in [2.05, 4.69) is 20.6 Å². The molecule has 1 amide bonds. The van der Waals surface area contributed by atoms with Gasteiger partial charge in [0.15, 0.2) is 5.82 Å². The number of carbonyl (C=O) groups is 1. The van der Waals surface area contributed by atoms with Gasteiger partial charge in [0.1, 0.15) is 11.9 Å². The Bertz CT molecular complexity index is 1260. The second-order valence-electron chi connectivity index (χ2n) is 8.57. The summed E-state index contributed by atoms with van der Waals surface area (Å²) in [6.45, 7) is 3.58. The molecule has 5 N–H and O–H groups in total. The number of pyridine rings is 2. The van der Waals surface area contributed by atoms with Gasteiger partial charge in [-0.3, -0.25) is 10.3 Å². The summed E-state index contributed by atoms with van der Waals surface area (Å²) in [4.78, 5) is 20.9. The summed E-state index contributed by atoms with van der Waals surface area (Å²) < 4.78 is 26.0. The molecule has 34 heavy (non-hydrogen) atoms. The maximum atomic E-state index is 15.3. The van der Waals surface area contributed by atoms with E-state index in [1.54, 1.807) is 18.3 Å². The zero-order valence-corrected chi connectivity index (χ0v) is 18.7. The fourth-order valence-corrected chi connectivity index (χ4v) is 4.48. The number of hydrogen-bond donors (Lipinski definition) is 4. The van der Waals surface area contributed by atoms with Crippen molar-refractivity contribution in [2.75, 3.05) is 36.1 Å². The van der Waals surface area contributed by atoms with E-state index in [0.29, 0.717) is 66.7 Å². The van der Waals surface area contributed by atoms with Gasteiger partial charge in [-0.25, -0.2) is 14.2 Å². The Hall–Kier alpha value is -3.50. The predicted octanol–water partition coefficient (Wildman–Crippen LogP) is 3.90. The lowest BCUT2D eigenvalue weighted by molar-refractivity contribution is 0.00590. The number of nitrogen functional groups attached to an aromatic ring is 1. The van der Waals surface area contributed by atoms with Crippen molar-refractivity contribution in [3.8, 4) is 11.1 Å². The van der Waals surface area contributed by atoms with Crippen molar-refractivity contribution in [2.45, 2.75) is 38.4 Å². The first-order chi connectivity index (χ1) is 16.4. The average molecular weight is 468 g/mol. The summed E-state index contributed by atoms with van der Waals surface area (Å²) >= 11 is 0. The molecule has 0 aliphatic carbocycles. The van der Waals surface area contributed by atoms with Crippen LogP contribution >= 0.6 is 0 Å². The van der Waals surface area contributed by atoms with E-state index in [4.69, 9.17) is 15.2 Å². The zero-order chi connectivity index (χ0) is 23.8. The molecule has 1 atom stereocenters. The van der Waals surface area contributed by atoms with Crippen molar-refractivity contribution in [1.82, 2.24) is 9.97 Å². The molecule has 2 aliphatic rings. The molecule has 10 heteroatoms. The molecule has 1 fully saturated rings. The first-order valence-corrected chi connectivity index (χ1v) is 11.3. The number of rotatable bonds is 3. The van der Waals surface area contributed by atoms with Crippen molar-refractivity contribution >= 4 is 34.1 Å². The SMILES string of the molecule is Cc1c(-c2cc3cc(NC(=O)OC4CCOCC4)ncc3c(N)c2F)cnc2c1NCCC2O. The van der Waals surface area contributed by atoms with Gasteiger partial charge in [0, 0.05) is 48.3 Å². The lowest BCUT2D eigenvalue weighted by Crippen LogP contribution is -2.28. The quantitative estimate of drug-likeness (QED) is 0.427. The molecular formula is C24H26FN5O4. The minimum atomic E-state index is -0.656. The van der Waals surface area contributed by atoms with E-state index in [9.17, 15) is 9.90 Å². The highest BCUT2D eigenvalue weighted by Crippen LogP contribution is 2.39. The number of halogens is 1. The van der Waals surface area contributed by atoms with Crippen LogP contribution in [0.5, 0.6) is 0 Å². The number of nitrogens with one attached hydrogen (secondary N) is 2. The van der Waals surface area contributed by atoms with Gasteiger partial charge in [-0.05, 0) is 36.4 Å². The number of amides is 1. The number of nitrogens with zero attached hydrogens (tertiary/aromatic N) is 2. The summed E-state index contributed by atoms with van der Waals surface area (Å²) in [6, 6.07) is 3.29. The second-order valence-corrected chi connectivity index (χ2v) is 8.57. The average Bonchev–Trinajstić information content (AvgIpc) is 2.83. The van der Waals surface area contributed by atoms with E-state index < -0.39 is 18.0 Å². The van der Waals surface area contributed by atoms with E-state index in [1.807, 2.05) is 6.92 Å². The summed E-state index contributed by atoms with van der Waals surface area (Å²) in [5.74, 6) is -0.304. The molecular weight excluding hydrogens is 441 g/mol. The van der Waals surface area contributed by atoms with Crippen molar-refractivity contribution in [2.24, 2.45) is 0 Å². The normalized spacial score (nSPS) is 18.3. The largest absolute Gasteiger partial charge is 0.446 e. The molecule has 4 heterocycles. The second kappa shape index (κ2) is 9.03. The molecule has 9 nitrogen and oxygen atoms in total. The monoisotopic (exact) mass is 467 g/mol. The van der Waals surface area contributed by atoms with Gasteiger partial charge in [0.05, 0.1) is 36.4 Å². The van der Waals surface area contributed by atoms with Crippen LogP contribution in [-0.2, 0) is 9.47 Å². The number of aromatic nitrogens is 2. The van der Waals surface area contributed by atoms with E-state index in [-0.39, 0.29) is 23.2 Å². The van der Waals surface area contributed by atoms with E-state index in [1.165, 1.54) is 6.20 Å². The number of anilines is 3. The predicted molar refractivity (Wildman–Crippen MR) is 126 cm³/mol. The van der Waals surface area contributed by atoms with Crippen LogP contribution in [0.3, 0.4) is 0 Å². The summed E-state index contributed by atoms with van der Waals surface area (Å²) in [5.41, 5.74) is 8.97. The summed E-state index contributed by atoms with van der Waals surface area (Å²) in [5, 5.41) is 17.2. The third-order valence-electron chi connectivity index (χ3n) is 6.36. The van der Waals surface area contributed by atoms with Crippen molar-refractivity contribution in [3.05, 3.63) is 41.6 Å². The van der Waals surface area contributed by atoms with Crippen LogP contribution in [0.1, 0.15) is 36.6 Å². The Balaban J connectivity index is 1.48. The molecule has 2 aromatic heterocycles.